The quantitative estimate of drug-likeness (QED) is 0.253. The second kappa shape index (κ2) is 13.0. The van der Waals surface area contributed by atoms with Gasteiger partial charge < -0.3 is 15.6 Å². The minimum atomic E-state index is -0.107. The Labute approximate surface area is 198 Å². The van der Waals surface area contributed by atoms with E-state index in [0.29, 0.717) is 11.5 Å². The van der Waals surface area contributed by atoms with Crippen molar-refractivity contribution >= 4 is 28.6 Å². The number of amides is 1. The first-order valence-electron chi connectivity index (χ1n) is 12.8. The van der Waals surface area contributed by atoms with Gasteiger partial charge in [-0.25, -0.2) is 4.98 Å². The Morgan fingerprint density at radius 3 is 2.27 bits per heavy atom. The molecule has 0 aliphatic carbocycles. The maximum absolute atomic E-state index is 12.7. The number of hydrogen-bond acceptors (Lipinski definition) is 3. The third kappa shape index (κ3) is 7.34. The lowest BCUT2D eigenvalue weighted by Gasteiger charge is -2.08. The van der Waals surface area contributed by atoms with Crippen LogP contribution in [0.5, 0.6) is 0 Å². The van der Waals surface area contributed by atoms with Gasteiger partial charge >= 0.3 is 0 Å². The number of unbranched alkanes of at least 4 members (excludes halogenated alkanes) is 8. The first-order valence-corrected chi connectivity index (χ1v) is 12.8. The van der Waals surface area contributed by atoms with Gasteiger partial charge in [0.15, 0.2) is 0 Å². The van der Waals surface area contributed by atoms with E-state index in [0.717, 1.165) is 36.1 Å². The lowest BCUT2D eigenvalue weighted by molar-refractivity contribution is 0.102. The molecule has 2 aromatic carbocycles. The van der Waals surface area contributed by atoms with Gasteiger partial charge in [-0.3, -0.25) is 4.79 Å². The molecule has 5 heteroatoms. The molecule has 0 atom stereocenters. The van der Waals surface area contributed by atoms with E-state index in [1.807, 2.05) is 30.3 Å². The molecule has 0 spiro atoms. The van der Waals surface area contributed by atoms with Gasteiger partial charge in [0, 0.05) is 17.8 Å². The molecule has 1 aromatic heterocycles. The van der Waals surface area contributed by atoms with Crippen LogP contribution < -0.4 is 11.1 Å². The van der Waals surface area contributed by atoms with Crippen LogP contribution in [0.4, 0.5) is 11.6 Å². The van der Waals surface area contributed by atoms with Crippen molar-refractivity contribution in [3.05, 3.63) is 53.6 Å². The lowest BCUT2D eigenvalue weighted by atomic mass is 10.1. The maximum atomic E-state index is 12.7. The zero-order chi connectivity index (χ0) is 23.5. The van der Waals surface area contributed by atoms with Crippen LogP contribution in [0, 0.1) is 0 Å². The van der Waals surface area contributed by atoms with Crippen LogP contribution in [0.3, 0.4) is 0 Å². The number of nitrogens with two attached hydrogens (primary N) is 1. The smallest absolute Gasteiger partial charge is 0.255 e. The van der Waals surface area contributed by atoms with Crippen LogP contribution in [0.2, 0.25) is 0 Å². The molecule has 33 heavy (non-hydrogen) atoms. The molecule has 3 aromatic rings. The standard InChI is InChI=1S/C28H40N4O/c1-3-5-7-8-9-10-12-20-32-26-19-18-24(21-25(26)31-28(32)29)30-27(33)23-16-14-22(15-17-23)13-11-6-4-2/h14-19,21H,3-13,20H2,1-2H3,(H2,29,31)(H,30,33). The molecular formula is C28H40N4O. The third-order valence-electron chi connectivity index (χ3n) is 6.31. The summed E-state index contributed by atoms with van der Waals surface area (Å²) in [6.45, 7) is 5.34. The highest BCUT2D eigenvalue weighted by atomic mass is 16.1. The first-order chi connectivity index (χ1) is 16.1. The zero-order valence-electron chi connectivity index (χ0n) is 20.4. The summed E-state index contributed by atoms with van der Waals surface area (Å²) in [7, 11) is 0. The molecule has 0 fully saturated rings. The van der Waals surface area contributed by atoms with Crippen molar-refractivity contribution in [3.63, 3.8) is 0 Å². The van der Waals surface area contributed by atoms with Gasteiger partial charge in [0.2, 0.25) is 5.95 Å². The molecular weight excluding hydrogens is 408 g/mol. The second-order valence-corrected chi connectivity index (χ2v) is 9.05. The Balaban J connectivity index is 1.56. The number of carbonyl (C=O) groups is 1. The summed E-state index contributed by atoms with van der Waals surface area (Å²) in [5.74, 6) is 0.433. The van der Waals surface area contributed by atoms with Gasteiger partial charge in [-0.05, 0) is 55.2 Å². The molecule has 1 heterocycles. The van der Waals surface area contributed by atoms with Gasteiger partial charge in [-0.2, -0.15) is 0 Å². The Bertz CT molecular complexity index is 1010. The van der Waals surface area contributed by atoms with Crippen molar-refractivity contribution in [1.82, 2.24) is 9.55 Å². The van der Waals surface area contributed by atoms with E-state index in [2.05, 4.69) is 40.8 Å². The number of nitrogens with one attached hydrogen (secondary N) is 1. The average Bonchev–Trinajstić information content (AvgIpc) is 3.13. The normalized spacial score (nSPS) is 11.2. The SMILES string of the molecule is CCCCCCCCCn1c(N)nc2cc(NC(=O)c3ccc(CCCCC)cc3)ccc21. The van der Waals surface area contributed by atoms with Crippen molar-refractivity contribution in [1.29, 1.82) is 0 Å². The molecule has 0 saturated heterocycles. The maximum Gasteiger partial charge on any atom is 0.255 e. The Hall–Kier alpha value is -2.82. The Morgan fingerprint density at radius 1 is 0.879 bits per heavy atom. The first kappa shape index (κ1) is 24.8. The predicted octanol–water partition coefficient (Wildman–Crippen LogP) is 7.35. The van der Waals surface area contributed by atoms with E-state index >= 15 is 0 Å². The molecule has 3 N–H and O–H groups in total. The van der Waals surface area contributed by atoms with Crippen molar-refractivity contribution in [2.45, 2.75) is 91.0 Å². The fraction of sp³-hybridized carbons (Fsp3) is 0.500. The highest BCUT2D eigenvalue weighted by Crippen LogP contribution is 2.23. The number of rotatable bonds is 14. The molecule has 0 aliphatic rings. The predicted molar refractivity (Wildman–Crippen MR) is 140 cm³/mol. The Morgan fingerprint density at radius 2 is 1.55 bits per heavy atom. The number of aryl methyl sites for hydroxylation is 2. The molecule has 178 valence electrons. The summed E-state index contributed by atoms with van der Waals surface area (Å²) < 4.78 is 2.09. The topological polar surface area (TPSA) is 72.9 Å². The summed E-state index contributed by atoms with van der Waals surface area (Å²) in [4.78, 5) is 17.2. The number of nitrogens with zero attached hydrogens (tertiary/aromatic N) is 2. The minimum Gasteiger partial charge on any atom is -0.369 e. The molecule has 0 aliphatic heterocycles. The van der Waals surface area contributed by atoms with Crippen LogP contribution in [0.1, 0.15) is 94.0 Å². The Kier molecular flexibility index (Phi) is 9.79. The van der Waals surface area contributed by atoms with Gasteiger partial charge in [-0.15, -0.1) is 0 Å². The number of nitrogen functional groups attached to an aromatic ring is 1. The van der Waals surface area contributed by atoms with E-state index in [9.17, 15) is 4.79 Å². The lowest BCUT2D eigenvalue weighted by Crippen LogP contribution is -2.11. The van der Waals surface area contributed by atoms with Crippen molar-refractivity contribution in [3.8, 4) is 0 Å². The second-order valence-electron chi connectivity index (χ2n) is 9.05. The summed E-state index contributed by atoms with van der Waals surface area (Å²) in [5.41, 5.74) is 10.7. The minimum absolute atomic E-state index is 0.107. The fourth-order valence-electron chi connectivity index (χ4n) is 4.29. The highest BCUT2D eigenvalue weighted by Gasteiger charge is 2.11. The number of aromatic nitrogens is 2. The number of anilines is 2. The van der Waals surface area contributed by atoms with Gasteiger partial charge in [0.05, 0.1) is 11.0 Å². The molecule has 3 rings (SSSR count). The van der Waals surface area contributed by atoms with E-state index in [1.54, 1.807) is 0 Å². The summed E-state index contributed by atoms with van der Waals surface area (Å²) >= 11 is 0. The summed E-state index contributed by atoms with van der Waals surface area (Å²) in [6.07, 6.45) is 13.6. The number of imidazole rings is 1. The van der Waals surface area contributed by atoms with Crippen LogP contribution >= 0.6 is 0 Å². The molecule has 0 radical (unpaired) electrons. The largest absolute Gasteiger partial charge is 0.369 e. The van der Waals surface area contributed by atoms with Gasteiger partial charge in [0.1, 0.15) is 0 Å². The summed E-state index contributed by atoms with van der Waals surface area (Å²) in [5, 5.41) is 3.00. The molecule has 0 unspecified atom stereocenters. The van der Waals surface area contributed by atoms with E-state index in [-0.39, 0.29) is 5.91 Å². The monoisotopic (exact) mass is 448 g/mol. The van der Waals surface area contributed by atoms with Crippen LogP contribution in [-0.4, -0.2) is 15.5 Å². The van der Waals surface area contributed by atoms with Crippen molar-refractivity contribution in [2.75, 3.05) is 11.1 Å². The van der Waals surface area contributed by atoms with E-state index < -0.39 is 0 Å². The number of hydrogen-bond donors (Lipinski definition) is 2. The summed E-state index contributed by atoms with van der Waals surface area (Å²) in [6, 6.07) is 13.8. The highest BCUT2D eigenvalue weighted by molar-refractivity contribution is 6.05. The number of benzene rings is 2. The third-order valence-corrected chi connectivity index (χ3v) is 6.31. The molecule has 5 nitrogen and oxygen atoms in total. The van der Waals surface area contributed by atoms with Crippen molar-refractivity contribution < 1.29 is 4.79 Å². The molecule has 1 amide bonds. The van der Waals surface area contributed by atoms with E-state index in [4.69, 9.17) is 5.73 Å². The number of carbonyl (C=O) groups excluding carboxylic acids is 1. The zero-order valence-corrected chi connectivity index (χ0v) is 20.4. The van der Waals surface area contributed by atoms with Crippen LogP contribution in [0.15, 0.2) is 42.5 Å². The fourth-order valence-corrected chi connectivity index (χ4v) is 4.29. The van der Waals surface area contributed by atoms with Crippen LogP contribution in [0.25, 0.3) is 11.0 Å². The molecule has 0 bridgehead atoms. The van der Waals surface area contributed by atoms with E-state index in [1.165, 1.54) is 63.4 Å². The average molecular weight is 449 g/mol. The van der Waals surface area contributed by atoms with Crippen LogP contribution in [-0.2, 0) is 13.0 Å². The molecule has 0 saturated carbocycles. The van der Waals surface area contributed by atoms with Gasteiger partial charge in [0.25, 0.3) is 5.91 Å². The number of fused-ring (bicyclic) bond motifs is 1. The van der Waals surface area contributed by atoms with Gasteiger partial charge in [-0.1, -0.05) is 77.3 Å². The van der Waals surface area contributed by atoms with Crippen molar-refractivity contribution in [2.24, 2.45) is 0 Å².